The summed E-state index contributed by atoms with van der Waals surface area (Å²) >= 11 is 0.308. The number of nitrogens with two attached hydrogens (primary N) is 2. The fourth-order valence-electron chi connectivity index (χ4n) is 4.68. The first-order valence-corrected chi connectivity index (χ1v) is 24.1. The number of carbonyl (C=O) groups excluding carboxylic acids is 1. The Kier molecular flexibility index (Phi) is 18.2. The standard InChI is InChI=1S/C30H31N9O19S6/c1-17(40)33-26-15-28(30(64(50,51)52)16-27(26)38-34-18-2-4-19(5-3-18)61(43,44)10-8-53-59-57-55-41)39-37-25-14-24(21(31)13-22(25)32)36-35-23-7-6-20(12-29(23)63(47,48)49)62(45,46)11-9-54-60-58-56-42/h2-7,12-16,41-42H,8-11,31-32H2,1H3,(H,33,40)(H,47,48,49)(H,50,51,52)/b36-35+,38-34+,39-37+. The average molecular weight is 1010 g/mol. The SMILES string of the molecule is CC(=O)Nc1cc(/N=N/c2cc(/N=N/c3ccc(S(=O)(=O)CCOSOOO)cc3S(=O)(=O)O)c(N)cc2N)c(S(=O)(=O)O)cc1/N=N/c1ccc(S(=O)(=O)CCOSOOO)cc1. The molecule has 34 heteroatoms. The Morgan fingerprint density at radius 1 is 0.594 bits per heavy atom. The van der Waals surface area contributed by atoms with Crippen molar-refractivity contribution < 1.29 is 85.2 Å². The van der Waals surface area contributed by atoms with E-state index in [0.717, 1.165) is 43.3 Å². The second-order valence-corrected chi connectivity index (χ2v) is 19.9. The van der Waals surface area contributed by atoms with Crippen LogP contribution in [0.2, 0.25) is 0 Å². The average Bonchev–Trinajstić information content (AvgIpc) is 3.21. The maximum atomic E-state index is 12.7. The molecule has 0 aliphatic rings. The third-order valence-electron chi connectivity index (χ3n) is 7.49. The monoisotopic (exact) mass is 1010 g/mol. The second kappa shape index (κ2) is 22.7. The van der Waals surface area contributed by atoms with Gasteiger partial charge in [-0.25, -0.2) is 27.4 Å². The van der Waals surface area contributed by atoms with Crippen LogP contribution in [0.1, 0.15) is 6.92 Å². The van der Waals surface area contributed by atoms with Gasteiger partial charge in [-0.2, -0.15) is 21.9 Å². The molecule has 1 amide bonds. The highest BCUT2D eigenvalue weighted by molar-refractivity contribution is 7.92. The molecule has 0 aliphatic heterocycles. The van der Waals surface area contributed by atoms with Crippen LogP contribution < -0.4 is 16.8 Å². The minimum atomic E-state index is -5.12. The van der Waals surface area contributed by atoms with E-state index in [0.29, 0.717) is 6.07 Å². The van der Waals surface area contributed by atoms with E-state index in [1.807, 2.05) is 0 Å². The summed E-state index contributed by atoms with van der Waals surface area (Å²) in [4.78, 5) is 9.56. The number of sulfone groups is 2. The number of benzene rings is 4. The topological polar surface area (TPSA) is 428 Å². The van der Waals surface area contributed by atoms with Crippen LogP contribution in [0.15, 0.2) is 117 Å². The summed E-state index contributed by atoms with van der Waals surface area (Å²) in [5.74, 6) is -1.85. The summed E-state index contributed by atoms with van der Waals surface area (Å²) in [5.41, 5.74) is 9.70. The van der Waals surface area contributed by atoms with Gasteiger partial charge in [-0.3, -0.25) is 22.3 Å². The maximum Gasteiger partial charge on any atom is 0.296 e. The Morgan fingerprint density at radius 3 is 1.58 bits per heavy atom. The quantitative estimate of drug-likeness (QED) is 0.00839. The largest absolute Gasteiger partial charge is 0.397 e. The van der Waals surface area contributed by atoms with Crippen LogP contribution >= 0.6 is 24.6 Å². The Balaban J connectivity index is 1.66. The van der Waals surface area contributed by atoms with Crippen molar-refractivity contribution in [3.63, 3.8) is 0 Å². The fourth-order valence-corrected chi connectivity index (χ4v) is 8.87. The minimum Gasteiger partial charge on any atom is -0.397 e. The molecule has 9 N–H and O–H groups in total. The van der Waals surface area contributed by atoms with Crippen LogP contribution in [0, 0.1) is 0 Å². The maximum absolute atomic E-state index is 12.7. The first-order valence-electron chi connectivity index (χ1n) is 16.6. The molecule has 64 heavy (non-hydrogen) atoms. The number of hydrogen-bond acceptors (Lipinski definition) is 27. The van der Waals surface area contributed by atoms with Gasteiger partial charge in [0.1, 0.15) is 38.2 Å². The van der Waals surface area contributed by atoms with Gasteiger partial charge >= 0.3 is 0 Å². The molecular weight excluding hydrogens is 983 g/mol. The van der Waals surface area contributed by atoms with Crippen molar-refractivity contribution >= 4 is 122 Å². The van der Waals surface area contributed by atoms with Gasteiger partial charge in [0.05, 0.1) is 57.3 Å². The zero-order valence-corrected chi connectivity index (χ0v) is 36.8. The highest BCUT2D eigenvalue weighted by Crippen LogP contribution is 2.40. The van der Waals surface area contributed by atoms with Gasteiger partial charge in [0.25, 0.3) is 20.2 Å². The van der Waals surface area contributed by atoms with Crippen LogP contribution in [-0.4, -0.2) is 83.9 Å². The number of nitrogens with zero attached hydrogens (tertiary/aromatic N) is 6. The molecule has 0 spiro atoms. The van der Waals surface area contributed by atoms with Gasteiger partial charge in [-0.15, -0.1) is 34.2 Å². The Bertz CT molecular complexity index is 2890. The van der Waals surface area contributed by atoms with Crippen LogP contribution in [0.25, 0.3) is 0 Å². The van der Waals surface area contributed by atoms with Crippen molar-refractivity contribution in [2.45, 2.75) is 26.5 Å². The molecule has 0 saturated carbocycles. The lowest BCUT2D eigenvalue weighted by Gasteiger charge is -2.10. The smallest absolute Gasteiger partial charge is 0.296 e. The summed E-state index contributed by atoms with van der Waals surface area (Å²) in [5, 5.41) is 48.5. The number of anilines is 3. The molecule has 0 saturated heterocycles. The fraction of sp³-hybridized carbons (Fsp3) is 0.167. The lowest BCUT2D eigenvalue weighted by Crippen LogP contribution is -2.12. The van der Waals surface area contributed by atoms with E-state index in [1.165, 1.54) is 24.3 Å². The van der Waals surface area contributed by atoms with E-state index in [9.17, 15) is 47.6 Å². The van der Waals surface area contributed by atoms with Crippen LogP contribution in [-0.2, 0) is 71.8 Å². The number of amides is 1. The van der Waals surface area contributed by atoms with Crippen molar-refractivity contribution in [3.05, 3.63) is 66.7 Å². The van der Waals surface area contributed by atoms with Crippen molar-refractivity contribution in [2.75, 3.05) is 41.5 Å². The molecule has 0 heterocycles. The van der Waals surface area contributed by atoms with Gasteiger partial charge in [0, 0.05) is 6.92 Å². The van der Waals surface area contributed by atoms with E-state index < -0.39 is 90.0 Å². The number of nitrogen functional groups attached to an aromatic ring is 2. The summed E-state index contributed by atoms with van der Waals surface area (Å²) < 4.78 is 138. The van der Waals surface area contributed by atoms with E-state index in [2.05, 4.69) is 54.7 Å². The first kappa shape index (κ1) is 51.5. The third-order valence-corrected chi connectivity index (χ3v) is 13.4. The minimum absolute atomic E-state index is 0.0656. The van der Waals surface area contributed by atoms with Crippen molar-refractivity contribution in [1.82, 2.24) is 0 Å². The molecule has 0 unspecified atom stereocenters. The summed E-state index contributed by atoms with van der Waals surface area (Å²) in [6, 6.07) is 11.4. The molecule has 28 nitrogen and oxygen atoms in total. The summed E-state index contributed by atoms with van der Waals surface area (Å²) in [6.07, 6.45) is 0. The molecular formula is C30H31N9O19S6. The predicted molar refractivity (Wildman–Crippen MR) is 222 cm³/mol. The molecule has 0 fully saturated rings. The molecule has 4 aromatic rings. The van der Waals surface area contributed by atoms with Gasteiger partial charge in [-0.1, -0.05) is 10.1 Å². The number of hydrogen-bond donors (Lipinski definition) is 7. The molecule has 0 aromatic heterocycles. The van der Waals surface area contributed by atoms with E-state index in [-0.39, 0.29) is 76.0 Å². The lowest BCUT2D eigenvalue weighted by atomic mass is 10.2. The van der Waals surface area contributed by atoms with E-state index >= 15 is 0 Å². The Morgan fingerprint density at radius 2 is 1.06 bits per heavy atom. The molecule has 4 rings (SSSR count). The molecule has 0 radical (unpaired) electrons. The van der Waals surface area contributed by atoms with Gasteiger partial charge in [0.2, 0.25) is 5.91 Å². The normalized spacial score (nSPS) is 12.8. The van der Waals surface area contributed by atoms with E-state index in [4.69, 9.17) is 30.3 Å². The molecule has 0 bridgehead atoms. The predicted octanol–water partition coefficient (Wildman–Crippen LogP) is 6.10. The zero-order valence-electron chi connectivity index (χ0n) is 31.9. The Hall–Kier alpha value is -5.15. The van der Waals surface area contributed by atoms with Crippen molar-refractivity contribution in [2.24, 2.45) is 30.7 Å². The Labute approximate surface area is 370 Å². The second-order valence-electron chi connectivity index (χ2n) is 11.9. The van der Waals surface area contributed by atoms with Gasteiger partial charge in [-0.05, 0) is 66.7 Å². The summed E-state index contributed by atoms with van der Waals surface area (Å²) in [7, 11) is -18.3. The number of azo groups is 3. The van der Waals surface area contributed by atoms with E-state index in [1.54, 1.807) is 0 Å². The van der Waals surface area contributed by atoms with Crippen LogP contribution in [0.3, 0.4) is 0 Å². The third kappa shape index (κ3) is 15.0. The van der Waals surface area contributed by atoms with Crippen molar-refractivity contribution in [3.8, 4) is 0 Å². The summed E-state index contributed by atoms with van der Waals surface area (Å²) in [6.45, 7) is 0.270. The highest BCUT2D eigenvalue weighted by atomic mass is 32.2. The lowest BCUT2D eigenvalue weighted by molar-refractivity contribution is -0.434. The van der Waals surface area contributed by atoms with Gasteiger partial charge in [0.15, 0.2) is 44.3 Å². The van der Waals surface area contributed by atoms with Gasteiger partial charge < -0.3 is 16.8 Å². The molecule has 0 atom stereocenters. The highest BCUT2D eigenvalue weighted by Gasteiger charge is 2.24. The molecule has 346 valence electrons. The molecule has 0 aliphatic carbocycles. The first-order chi connectivity index (χ1) is 30.1. The van der Waals surface area contributed by atoms with Crippen LogP contribution in [0.4, 0.5) is 51.2 Å². The number of rotatable bonds is 23. The van der Waals surface area contributed by atoms with Crippen molar-refractivity contribution in [1.29, 1.82) is 0 Å². The van der Waals surface area contributed by atoms with Crippen LogP contribution in [0.5, 0.6) is 0 Å². The molecule has 4 aromatic carbocycles. The number of carbonyl (C=O) groups is 1. The zero-order chi connectivity index (χ0) is 47.3. The number of nitrogens with one attached hydrogen (secondary N) is 1.